The van der Waals surface area contributed by atoms with Crippen LogP contribution in [0.2, 0.25) is 0 Å². The molecule has 0 amide bonds. The third-order valence-corrected chi connectivity index (χ3v) is 4.72. The predicted octanol–water partition coefficient (Wildman–Crippen LogP) is 2.94. The van der Waals surface area contributed by atoms with Gasteiger partial charge in [-0.15, -0.1) is 0 Å². The van der Waals surface area contributed by atoms with Crippen LogP contribution in [-0.4, -0.2) is 31.3 Å². The van der Waals surface area contributed by atoms with Crippen molar-refractivity contribution in [2.75, 3.05) is 41.8 Å². The molecule has 1 saturated heterocycles. The van der Waals surface area contributed by atoms with Gasteiger partial charge in [-0.25, -0.2) is 9.37 Å². The molecule has 0 spiro atoms. The molecule has 4 rings (SSSR count). The van der Waals surface area contributed by atoms with Crippen molar-refractivity contribution in [3.05, 3.63) is 53.1 Å². The van der Waals surface area contributed by atoms with Crippen LogP contribution in [-0.2, 0) is 11.3 Å². The maximum Gasteiger partial charge on any atom is 0.126 e. The zero-order valence-electron chi connectivity index (χ0n) is 14.2. The molecule has 0 unspecified atom stereocenters. The van der Waals surface area contributed by atoms with Crippen LogP contribution in [0.3, 0.4) is 0 Å². The number of nitrogens with zero attached hydrogens (tertiary/aromatic N) is 3. The molecule has 1 aromatic carbocycles. The normalized spacial score (nSPS) is 16.9. The van der Waals surface area contributed by atoms with Gasteiger partial charge >= 0.3 is 0 Å². The van der Waals surface area contributed by atoms with Crippen LogP contribution >= 0.6 is 0 Å². The summed E-state index contributed by atoms with van der Waals surface area (Å²) in [4.78, 5) is 8.88. The van der Waals surface area contributed by atoms with E-state index in [2.05, 4.69) is 14.8 Å². The van der Waals surface area contributed by atoms with E-state index in [1.165, 1.54) is 6.07 Å². The topological polar surface area (TPSA) is 54.6 Å². The average Bonchev–Trinajstić information content (AvgIpc) is 2.63. The van der Waals surface area contributed by atoms with Gasteiger partial charge in [0.2, 0.25) is 0 Å². The standard InChI is InChI=1S/C19H21FN4O/c1-13-10-14(2-3-16(13)20)24-5-4-17-15(12-24)18(11-19(21)22-17)23-6-8-25-9-7-23/h2-5,10-11H,6-9,12H2,1H3,(H2,21,22). The molecule has 5 nitrogen and oxygen atoms in total. The Morgan fingerprint density at radius 2 is 2.00 bits per heavy atom. The van der Waals surface area contributed by atoms with Crippen LogP contribution in [0.1, 0.15) is 16.8 Å². The number of ether oxygens (including phenoxy) is 1. The molecular formula is C19H21FN4O. The Labute approximate surface area is 146 Å². The van der Waals surface area contributed by atoms with Crippen molar-refractivity contribution in [1.82, 2.24) is 4.98 Å². The van der Waals surface area contributed by atoms with Gasteiger partial charge < -0.3 is 20.3 Å². The van der Waals surface area contributed by atoms with Crippen LogP contribution in [0, 0.1) is 12.7 Å². The van der Waals surface area contributed by atoms with Crippen LogP contribution < -0.4 is 15.5 Å². The number of nitrogen functional groups attached to an aromatic ring is 1. The fourth-order valence-corrected chi connectivity index (χ4v) is 3.35. The minimum atomic E-state index is -0.186. The number of rotatable bonds is 2. The number of halogens is 1. The van der Waals surface area contributed by atoms with Crippen molar-refractivity contribution in [3.8, 4) is 0 Å². The first-order valence-electron chi connectivity index (χ1n) is 8.45. The maximum absolute atomic E-state index is 13.6. The molecular weight excluding hydrogens is 319 g/mol. The van der Waals surface area contributed by atoms with E-state index in [9.17, 15) is 4.39 Å². The van der Waals surface area contributed by atoms with Gasteiger partial charge in [-0.2, -0.15) is 0 Å². The number of hydrogen-bond donors (Lipinski definition) is 1. The summed E-state index contributed by atoms with van der Waals surface area (Å²) in [6.07, 6.45) is 3.95. The summed E-state index contributed by atoms with van der Waals surface area (Å²) in [5.41, 5.74) is 10.8. The van der Waals surface area contributed by atoms with Crippen molar-refractivity contribution < 1.29 is 9.13 Å². The number of benzene rings is 1. The molecule has 2 aliphatic heterocycles. The highest BCUT2D eigenvalue weighted by atomic mass is 19.1. The van der Waals surface area contributed by atoms with Gasteiger partial charge in [-0.3, -0.25) is 0 Å². The molecule has 0 bridgehead atoms. The summed E-state index contributed by atoms with van der Waals surface area (Å²) in [5, 5.41) is 0. The van der Waals surface area contributed by atoms with Gasteiger partial charge in [-0.05, 0) is 36.8 Å². The predicted molar refractivity (Wildman–Crippen MR) is 98.0 cm³/mol. The van der Waals surface area contributed by atoms with E-state index in [-0.39, 0.29) is 5.82 Å². The van der Waals surface area contributed by atoms with Gasteiger partial charge in [0, 0.05) is 42.3 Å². The minimum absolute atomic E-state index is 0.186. The molecule has 1 aromatic heterocycles. The Bertz CT molecular complexity index is 830. The highest BCUT2D eigenvalue weighted by molar-refractivity contribution is 5.72. The first-order chi connectivity index (χ1) is 12.1. The van der Waals surface area contributed by atoms with Gasteiger partial charge in [-0.1, -0.05) is 0 Å². The van der Waals surface area contributed by atoms with Crippen molar-refractivity contribution >= 4 is 23.3 Å². The SMILES string of the molecule is Cc1cc(N2C=Cc3nc(N)cc(N4CCOCC4)c3C2)ccc1F. The molecule has 0 saturated carbocycles. The lowest BCUT2D eigenvalue weighted by atomic mass is 10.0. The number of anilines is 3. The number of fused-ring (bicyclic) bond motifs is 1. The molecule has 0 aliphatic carbocycles. The zero-order valence-corrected chi connectivity index (χ0v) is 14.2. The quantitative estimate of drug-likeness (QED) is 0.911. The molecule has 6 heteroatoms. The molecule has 2 aromatic rings. The van der Waals surface area contributed by atoms with Gasteiger partial charge in [0.1, 0.15) is 11.6 Å². The third-order valence-electron chi connectivity index (χ3n) is 4.72. The number of nitrogens with two attached hydrogens (primary N) is 1. The summed E-state index contributed by atoms with van der Waals surface area (Å²) in [5.74, 6) is 0.338. The summed E-state index contributed by atoms with van der Waals surface area (Å²) >= 11 is 0. The number of aryl methyl sites for hydroxylation is 1. The Morgan fingerprint density at radius 1 is 1.20 bits per heavy atom. The van der Waals surface area contributed by atoms with Gasteiger partial charge in [0.05, 0.1) is 25.5 Å². The lowest BCUT2D eigenvalue weighted by molar-refractivity contribution is 0.122. The Kier molecular flexibility index (Phi) is 4.05. The second kappa shape index (κ2) is 6.37. The minimum Gasteiger partial charge on any atom is -0.384 e. The van der Waals surface area contributed by atoms with E-state index in [0.29, 0.717) is 31.1 Å². The second-order valence-corrected chi connectivity index (χ2v) is 6.41. The Hall–Kier alpha value is -2.60. The van der Waals surface area contributed by atoms with Crippen molar-refractivity contribution in [2.24, 2.45) is 0 Å². The van der Waals surface area contributed by atoms with E-state index < -0.39 is 0 Å². The molecule has 130 valence electrons. The monoisotopic (exact) mass is 340 g/mol. The molecule has 3 heterocycles. The van der Waals surface area contributed by atoms with Crippen molar-refractivity contribution in [1.29, 1.82) is 0 Å². The largest absolute Gasteiger partial charge is 0.384 e. The van der Waals surface area contributed by atoms with E-state index in [1.807, 2.05) is 24.4 Å². The number of morpholine rings is 1. The van der Waals surface area contributed by atoms with Crippen LogP contribution in [0.4, 0.5) is 21.6 Å². The smallest absolute Gasteiger partial charge is 0.126 e. The lowest BCUT2D eigenvalue weighted by Crippen LogP contribution is -2.37. The highest BCUT2D eigenvalue weighted by Crippen LogP contribution is 2.33. The third kappa shape index (κ3) is 3.05. The van der Waals surface area contributed by atoms with E-state index in [1.54, 1.807) is 13.0 Å². The number of pyridine rings is 1. The van der Waals surface area contributed by atoms with Gasteiger partial charge in [0.15, 0.2) is 0 Å². The van der Waals surface area contributed by atoms with Crippen molar-refractivity contribution in [2.45, 2.75) is 13.5 Å². The van der Waals surface area contributed by atoms with E-state index in [4.69, 9.17) is 10.5 Å². The average molecular weight is 340 g/mol. The number of hydrogen-bond acceptors (Lipinski definition) is 5. The van der Waals surface area contributed by atoms with Crippen LogP contribution in [0.15, 0.2) is 30.5 Å². The first kappa shape index (κ1) is 15.9. The van der Waals surface area contributed by atoms with E-state index in [0.717, 1.165) is 35.7 Å². The Morgan fingerprint density at radius 3 is 2.76 bits per heavy atom. The van der Waals surface area contributed by atoms with Crippen LogP contribution in [0.5, 0.6) is 0 Å². The molecule has 25 heavy (non-hydrogen) atoms. The van der Waals surface area contributed by atoms with Crippen molar-refractivity contribution in [3.63, 3.8) is 0 Å². The van der Waals surface area contributed by atoms with Crippen LogP contribution in [0.25, 0.3) is 6.08 Å². The fraction of sp³-hybridized carbons (Fsp3) is 0.316. The number of aromatic nitrogens is 1. The molecule has 2 N–H and O–H groups in total. The molecule has 1 fully saturated rings. The summed E-state index contributed by atoms with van der Waals surface area (Å²) < 4.78 is 19.0. The fourth-order valence-electron chi connectivity index (χ4n) is 3.35. The molecule has 0 radical (unpaired) electrons. The first-order valence-corrected chi connectivity index (χ1v) is 8.45. The summed E-state index contributed by atoms with van der Waals surface area (Å²) in [6, 6.07) is 7.12. The second-order valence-electron chi connectivity index (χ2n) is 6.41. The molecule has 2 aliphatic rings. The maximum atomic E-state index is 13.6. The lowest BCUT2D eigenvalue weighted by Gasteiger charge is -2.34. The Balaban J connectivity index is 1.70. The molecule has 0 atom stereocenters. The summed E-state index contributed by atoms with van der Waals surface area (Å²) in [7, 11) is 0. The van der Waals surface area contributed by atoms with E-state index >= 15 is 0 Å². The summed E-state index contributed by atoms with van der Waals surface area (Å²) in [6.45, 7) is 5.57. The van der Waals surface area contributed by atoms with Gasteiger partial charge in [0.25, 0.3) is 0 Å². The zero-order chi connectivity index (χ0) is 17.4. The highest BCUT2D eigenvalue weighted by Gasteiger charge is 2.22.